The second kappa shape index (κ2) is 6.98. The van der Waals surface area contributed by atoms with Gasteiger partial charge in [-0.3, -0.25) is 4.90 Å². The van der Waals surface area contributed by atoms with Crippen molar-refractivity contribution in [1.82, 2.24) is 14.2 Å². The summed E-state index contributed by atoms with van der Waals surface area (Å²) in [5, 5.41) is 0. The van der Waals surface area contributed by atoms with Gasteiger partial charge in [0.15, 0.2) is 0 Å². The summed E-state index contributed by atoms with van der Waals surface area (Å²) >= 11 is 0. The summed E-state index contributed by atoms with van der Waals surface area (Å²) in [7, 11) is -3.88. The van der Waals surface area contributed by atoms with Gasteiger partial charge in [0.2, 0.25) is 10.0 Å². The third-order valence-electron chi connectivity index (χ3n) is 5.64. The van der Waals surface area contributed by atoms with Crippen molar-refractivity contribution in [2.45, 2.75) is 37.9 Å². The summed E-state index contributed by atoms with van der Waals surface area (Å²) in [4.78, 5) is 5.52. The van der Waals surface area contributed by atoms with Crippen molar-refractivity contribution in [2.24, 2.45) is 5.41 Å². The highest BCUT2D eigenvalue weighted by Gasteiger charge is 2.43. The van der Waals surface area contributed by atoms with Crippen LogP contribution < -0.4 is 0 Å². The van der Waals surface area contributed by atoms with Crippen LogP contribution in [0.15, 0.2) is 17.0 Å². The highest BCUT2D eigenvalue weighted by Crippen LogP contribution is 2.34. The Hall–Kier alpha value is -1.23. The first-order valence-electron chi connectivity index (χ1n) is 8.82. The van der Waals surface area contributed by atoms with Crippen molar-refractivity contribution < 1.29 is 26.3 Å². The lowest BCUT2D eigenvalue weighted by Crippen LogP contribution is -2.59. The largest absolute Gasteiger partial charge is 0.433 e. The van der Waals surface area contributed by atoms with E-state index in [0.29, 0.717) is 39.4 Å². The summed E-state index contributed by atoms with van der Waals surface area (Å²) in [6.07, 6.45) is -4.60. The van der Waals surface area contributed by atoms with E-state index in [1.807, 2.05) is 0 Å². The summed E-state index contributed by atoms with van der Waals surface area (Å²) in [5.41, 5.74) is -1.15. The molecule has 0 spiro atoms. The number of nitrogens with zero attached hydrogens (tertiary/aromatic N) is 3. The Bertz CT molecular complexity index is 801. The number of pyridine rings is 1. The number of aromatic nitrogens is 1. The van der Waals surface area contributed by atoms with Gasteiger partial charge in [0.1, 0.15) is 10.6 Å². The first kappa shape index (κ1) is 20.5. The minimum absolute atomic E-state index is 0.0784. The average molecular weight is 407 g/mol. The number of halogens is 3. The molecule has 3 heterocycles. The molecule has 0 aliphatic carbocycles. The van der Waals surface area contributed by atoms with E-state index in [0.717, 1.165) is 12.1 Å². The van der Waals surface area contributed by atoms with Gasteiger partial charge in [0.05, 0.1) is 18.9 Å². The Morgan fingerprint density at radius 2 is 1.78 bits per heavy atom. The minimum Gasteiger partial charge on any atom is -0.380 e. The molecule has 1 aromatic heterocycles. The van der Waals surface area contributed by atoms with Crippen LogP contribution in [0, 0.1) is 12.3 Å². The smallest absolute Gasteiger partial charge is 0.380 e. The molecule has 1 atom stereocenters. The lowest BCUT2D eigenvalue weighted by Gasteiger charge is -2.49. The maximum Gasteiger partial charge on any atom is 0.433 e. The Kier molecular flexibility index (Phi) is 5.30. The van der Waals surface area contributed by atoms with E-state index in [9.17, 15) is 21.6 Å². The monoisotopic (exact) mass is 407 g/mol. The van der Waals surface area contributed by atoms with Crippen molar-refractivity contribution in [2.75, 3.05) is 39.4 Å². The zero-order chi connectivity index (χ0) is 20.0. The zero-order valence-corrected chi connectivity index (χ0v) is 16.4. The summed E-state index contributed by atoms with van der Waals surface area (Å²) < 4.78 is 70.7. The molecule has 27 heavy (non-hydrogen) atoms. The lowest BCUT2D eigenvalue weighted by molar-refractivity contribution is -0.142. The molecular weight excluding hydrogens is 383 g/mol. The first-order valence-corrected chi connectivity index (χ1v) is 10.3. The van der Waals surface area contributed by atoms with E-state index in [4.69, 9.17) is 4.74 Å². The number of hydrogen-bond donors (Lipinski definition) is 0. The molecule has 2 aliphatic rings. The first-order chi connectivity index (χ1) is 12.4. The van der Waals surface area contributed by atoms with Crippen LogP contribution >= 0.6 is 0 Å². The van der Waals surface area contributed by atoms with Crippen LogP contribution in [-0.4, -0.2) is 68.0 Å². The molecule has 2 saturated heterocycles. The predicted molar refractivity (Wildman–Crippen MR) is 92.7 cm³/mol. The molecule has 10 heteroatoms. The summed E-state index contributed by atoms with van der Waals surface area (Å²) in [5.74, 6) is 0. The number of hydrogen-bond acceptors (Lipinski definition) is 5. The molecule has 0 amide bonds. The number of aryl methyl sites for hydroxylation is 1. The van der Waals surface area contributed by atoms with Crippen LogP contribution in [-0.2, 0) is 20.9 Å². The fraction of sp³-hybridized carbons (Fsp3) is 0.706. The van der Waals surface area contributed by atoms with Gasteiger partial charge in [-0.25, -0.2) is 13.4 Å². The number of rotatable bonds is 4. The van der Waals surface area contributed by atoms with Gasteiger partial charge in [0.25, 0.3) is 0 Å². The zero-order valence-electron chi connectivity index (χ0n) is 15.6. The van der Waals surface area contributed by atoms with E-state index in [1.165, 1.54) is 11.2 Å². The number of sulfonamides is 1. The molecule has 152 valence electrons. The molecule has 3 rings (SSSR count). The summed E-state index contributed by atoms with van der Waals surface area (Å²) in [6.45, 7) is 8.70. The van der Waals surface area contributed by atoms with Crippen molar-refractivity contribution in [3.05, 3.63) is 23.5 Å². The maximum absolute atomic E-state index is 12.9. The number of ether oxygens (including phenoxy) is 1. The van der Waals surface area contributed by atoms with Crippen LogP contribution in [0.1, 0.15) is 25.2 Å². The standard InChI is InChI=1S/C17H24F3N3O3S/c1-12-14(4-5-15(21-12)17(18,19)20)27(24,25)23-8-6-22(7-9-23)13(2)16(3)10-26-11-16/h4-5,13H,6-11H2,1-3H3. The lowest BCUT2D eigenvalue weighted by atomic mass is 9.80. The fourth-order valence-corrected chi connectivity index (χ4v) is 5.14. The van der Waals surface area contributed by atoms with E-state index in [-0.39, 0.29) is 22.0 Å². The summed E-state index contributed by atoms with van der Waals surface area (Å²) in [6, 6.07) is 1.99. The average Bonchev–Trinajstić information content (AvgIpc) is 2.58. The van der Waals surface area contributed by atoms with E-state index >= 15 is 0 Å². The molecule has 0 bridgehead atoms. The van der Waals surface area contributed by atoms with Crippen LogP contribution in [0.2, 0.25) is 0 Å². The van der Waals surface area contributed by atoms with Gasteiger partial charge in [-0.2, -0.15) is 17.5 Å². The van der Waals surface area contributed by atoms with Crippen LogP contribution in [0.3, 0.4) is 0 Å². The highest BCUT2D eigenvalue weighted by molar-refractivity contribution is 7.89. The molecule has 0 radical (unpaired) electrons. The number of alkyl halides is 3. The van der Waals surface area contributed by atoms with Gasteiger partial charge in [0, 0.05) is 37.6 Å². The third-order valence-corrected chi connectivity index (χ3v) is 7.67. The molecule has 6 nitrogen and oxygen atoms in total. The van der Waals surface area contributed by atoms with E-state index in [1.54, 1.807) is 0 Å². The van der Waals surface area contributed by atoms with Crippen LogP contribution in [0.25, 0.3) is 0 Å². The van der Waals surface area contributed by atoms with Crippen molar-refractivity contribution in [3.63, 3.8) is 0 Å². The quantitative estimate of drug-likeness (QED) is 0.765. The van der Waals surface area contributed by atoms with Gasteiger partial charge in [-0.15, -0.1) is 0 Å². The molecule has 1 unspecified atom stereocenters. The topological polar surface area (TPSA) is 62.7 Å². The Balaban J connectivity index is 1.72. The molecule has 0 N–H and O–H groups in total. The SMILES string of the molecule is Cc1nc(C(F)(F)F)ccc1S(=O)(=O)N1CCN(C(C)C2(C)COC2)CC1. The van der Waals surface area contributed by atoms with Gasteiger partial charge in [-0.1, -0.05) is 6.92 Å². The molecule has 1 aromatic rings. The highest BCUT2D eigenvalue weighted by atomic mass is 32.2. The molecule has 0 saturated carbocycles. The molecular formula is C17H24F3N3O3S. The second-order valence-electron chi connectivity index (χ2n) is 7.54. The molecule has 2 aliphatic heterocycles. The number of piperazine rings is 1. The van der Waals surface area contributed by atoms with Crippen molar-refractivity contribution >= 4 is 10.0 Å². The normalized spacial score (nSPS) is 23.0. The fourth-order valence-electron chi connectivity index (χ4n) is 3.56. The third kappa shape index (κ3) is 3.85. The minimum atomic E-state index is -4.60. The molecule has 2 fully saturated rings. The van der Waals surface area contributed by atoms with E-state index < -0.39 is 21.9 Å². The van der Waals surface area contributed by atoms with Crippen molar-refractivity contribution in [1.29, 1.82) is 0 Å². The Morgan fingerprint density at radius 1 is 1.19 bits per heavy atom. The predicted octanol–water partition coefficient (Wildman–Crippen LogP) is 2.14. The second-order valence-corrected chi connectivity index (χ2v) is 9.45. The Labute approximate surface area is 157 Å². The van der Waals surface area contributed by atoms with Crippen LogP contribution in [0.4, 0.5) is 13.2 Å². The van der Waals surface area contributed by atoms with Gasteiger partial charge >= 0.3 is 6.18 Å². The van der Waals surface area contributed by atoms with Gasteiger partial charge < -0.3 is 4.74 Å². The van der Waals surface area contributed by atoms with Gasteiger partial charge in [-0.05, 0) is 26.0 Å². The maximum atomic E-state index is 12.9. The van der Waals surface area contributed by atoms with Crippen molar-refractivity contribution in [3.8, 4) is 0 Å². The van der Waals surface area contributed by atoms with Crippen LogP contribution in [0.5, 0.6) is 0 Å². The van der Waals surface area contributed by atoms with E-state index in [2.05, 4.69) is 23.7 Å². The Morgan fingerprint density at radius 3 is 2.22 bits per heavy atom. The molecule has 0 aromatic carbocycles.